The predicted octanol–water partition coefficient (Wildman–Crippen LogP) is 5.40. The van der Waals surface area contributed by atoms with Gasteiger partial charge in [-0.2, -0.15) is 23.3 Å². The largest absolute Gasteiger partial charge is 0.450 e. The van der Waals surface area contributed by atoms with Gasteiger partial charge in [-0.25, -0.2) is 14.5 Å². The number of hydrogen-bond acceptors (Lipinski definition) is 9. The van der Waals surface area contributed by atoms with Gasteiger partial charge in [-0.05, 0) is 44.3 Å². The summed E-state index contributed by atoms with van der Waals surface area (Å²) in [5.74, 6) is 1.51. The Kier molecular flexibility index (Phi) is 7.52. The molecule has 6 rings (SSSR count). The van der Waals surface area contributed by atoms with E-state index in [4.69, 9.17) is 16.3 Å². The molecule has 0 bridgehead atoms. The molecule has 15 heteroatoms. The van der Waals surface area contributed by atoms with Crippen LogP contribution < -0.4 is 15.4 Å². The number of ether oxygens (including phenoxy) is 1. The summed E-state index contributed by atoms with van der Waals surface area (Å²) in [4.78, 5) is 17.5. The molecule has 1 unspecified atom stereocenters. The van der Waals surface area contributed by atoms with E-state index < -0.39 is 11.7 Å². The summed E-state index contributed by atoms with van der Waals surface area (Å²) in [5, 5.41) is 10.6. The summed E-state index contributed by atoms with van der Waals surface area (Å²) in [5.41, 5.74) is 1.46. The molecule has 0 aliphatic carbocycles. The average Bonchev–Trinajstić information content (AvgIpc) is 3.68. The van der Waals surface area contributed by atoms with Crippen molar-refractivity contribution in [3.63, 3.8) is 0 Å². The highest BCUT2D eigenvalue weighted by atomic mass is 35.5. The Morgan fingerprint density at radius 2 is 1.93 bits per heavy atom. The third-order valence-corrected chi connectivity index (χ3v) is 7.98. The smallest absolute Gasteiger partial charge is 0.416 e. The lowest BCUT2D eigenvalue weighted by molar-refractivity contribution is -0.137. The zero-order chi connectivity index (χ0) is 30.5. The van der Waals surface area contributed by atoms with Gasteiger partial charge in [0.05, 0.1) is 18.0 Å². The van der Waals surface area contributed by atoms with Crippen LogP contribution in [0.1, 0.15) is 17.5 Å². The number of benzene rings is 1. The highest BCUT2D eigenvalue weighted by Gasteiger charge is 2.32. The van der Waals surface area contributed by atoms with E-state index in [-0.39, 0.29) is 22.4 Å². The molecule has 1 saturated heterocycles. The van der Waals surface area contributed by atoms with Crippen LogP contribution in [-0.2, 0) is 19.8 Å². The fourth-order valence-electron chi connectivity index (χ4n) is 5.37. The zero-order valence-corrected chi connectivity index (χ0v) is 24.7. The van der Waals surface area contributed by atoms with Gasteiger partial charge < -0.3 is 24.8 Å². The Labute approximate surface area is 250 Å². The summed E-state index contributed by atoms with van der Waals surface area (Å²) in [6.45, 7) is 2.03. The van der Waals surface area contributed by atoms with Crippen molar-refractivity contribution in [1.82, 2.24) is 38.9 Å². The van der Waals surface area contributed by atoms with Gasteiger partial charge in [0, 0.05) is 57.9 Å². The summed E-state index contributed by atoms with van der Waals surface area (Å²) in [6, 6.07) is 4.39. The van der Waals surface area contributed by atoms with Crippen LogP contribution in [0.5, 0.6) is 11.5 Å². The van der Waals surface area contributed by atoms with Crippen LogP contribution in [0.3, 0.4) is 0 Å². The van der Waals surface area contributed by atoms with Crippen LogP contribution in [0, 0.1) is 0 Å². The van der Waals surface area contributed by atoms with E-state index in [0.29, 0.717) is 46.4 Å². The fraction of sp³-hybridized carbons (Fsp3) is 0.357. The molecule has 0 amide bonds. The molecule has 1 fully saturated rings. The van der Waals surface area contributed by atoms with E-state index in [0.717, 1.165) is 25.6 Å². The first kappa shape index (κ1) is 29.0. The molecule has 1 aliphatic rings. The molecule has 43 heavy (non-hydrogen) atoms. The molecule has 1 aromatic carbocycles. The number of likely N-dealkylation sites (tertiary alicyclic amines) is 1. The normalized spacial score (nSPS) is 16.1. The van der Waals surface area contributed by atoms with Crippen LogP contribution >= 0.6 is 11.6 Å². The van der Waals surface area contributed by atoms with E-state index in [1.54, 1.807) is 47.8 Å². The maximum Gasteiger partial charge on any atom is 0.416 e. The average molecular weight is 615 g/mol. The minimum absolute atomic E-state index is 0.233. The number of aromatic nitrogens is 6. The van der Waals surface area contributed by atoms with Crippen molar-refractivity contribution in [3.05, 3.63) is 59.1 Å². The van der Waals surface area contributed by atoms with Crippen LogP contribution in [0.25, 0.3) is 16.7 Å². The van der Waals surface area contributed by atoms with Crippen LogP contribution in [0.2, 0.25) is 5.02 Å². The van der Waals surface area contributed by atoms with Crippen molar-refractivity contribution in [2.24, 2.45) is 7.05 Å². The van der Waals surface area contributed by atoms with Crippen molar-refractivity contribution in [2.75, 3.05) is 44.9 Å². The first-order chi connectivity index (χ1) is 20.5. The lowest BCUT2D eigenvalue weighted by atomic mass is 10.1. The number of nitrogens with zero attached hydrogens (tertiary/aromatic N) is 8. The summed E-state index contributed by atoms with van der Waals surface area (Å²) >= 11 is 6.77. The lowest BCUT2D eigenvalue weighted by Crippen LogP contribution is -2.31. The number of nitrogens with one attached hydrogen (secondary N) is 2. The van der Waals surface area contributed by atoms with Gasteiger partial charge in [-0.15, -0.1) is 0 Å². The Balaban J connectivity index is 1.30. The molecule has 0 spiro atoms. The highest BCUT2D eigenvalue weighted by molar-refractivity contribution is 6.36. The molecule has 5 heterocycles. The topological polar surface area (TPSA) is 101 Å². The van der Waals surface area contributed by atoms with Gasteiger partial charge >= 0.3 is 6.18 Å². The number of anilines is 3. The van der Waals surface area contributed by atoms with Crippen molar-refractivity contribution in [1.29, 1.82) is 0 Å². The number of imidazole rings is 1. The quantitative estimate of drug-likeness (QED) is 0.238. The molecule has 226 valence electrons. The molecule has 4 aromatic heterocycles. The number of alkyl halides is 3. The summed E-state index contributed by atoms with van der Waals surface area (Å²) in [7, 11) is 7.48. The number of halogens is 4. The van der Waals surface area contributed by atoms with Crippen molar-refractivity contribution >= 4 is 45.7 Å². The van der Waals surface area contributed by atoms with Crippen molar-refractivity contribution in [3.8, 4) is 11.5 Å². The first-order valence-electron chi connectivity index (χ1n) is 13.6. The van der Waals surface area contributed by atoms with Gasteiger partial charge in [0.2, 0.25) is 5.95 Å². The van der Waals surface area contributed by atoms with Crippen LogP contribution in [0.4, 0.5) is 30.6 Å². The van der Waals surface area contributed by atoms with E-state index in [2.05, 4.69) is 40.5 Å². The second-order valence-corrected chi connectivity index (χ2v) is 11.1. The predicted molar refractivity (Wildman–Crippen MR) is 158 cm³/mol. The number of likely N-dealkylation sites (N-methyl/N-ethyl adjacent to an activating group) is 1. The highest BCUT2D eigenvalue weighted by Crippen LogP contribution is 2.38. The summed E-state index contributed by atoms with van der Waals surface area (Å²) in [6.07, 6.45) is 2.76. The minimum atomic E-state index is -4.51. The number of fused-ring (bicyclic) bond motifs is 2. The Hall–Kier alpha value is -4.14. The molecule has 1 atom stereocenters. The van der Waals surface area contributed by atoms with Gasteiger partial charge in [0.25, 0.3) is 0 Å². The molecule has 11 nitrogen and oxygen atoms in total. The van der Waals surface area contributed by atoms with Gasteiger partial charge in [-0.3, -0.25) is 4.90 Å². The number of rotatable bonds is 8. The molecule has 5 aromatic rings. The SMILES string of the molecule is CNc1nccn2ncc(Oc3cnc4nc(Nc5cc(CN6CCC(N(C)C)C6)cc(C(F)(F)F)c5)n(C)c4c3Cl)c12. The maximum absolute atomic E-state index is 13.9. The first-order valence-corrected chi connectivity index (χ1v) is 14.0. The van der Waals surface area contributed by atoms with Crippen LogP contribution in [-0.4, -0.2) is 79.2 Å². The van der Waals surface area contributed by atoms with Crippen LogP contribution in [0.15, 0.2) is 43.0 Å². The van der Waals surface area contributed by atoms with Crippen molar-refractivity contribution < 1.29 is 17.9 Å². The second-order valence-electron chi connectivity index (χ2n) is 10.7. The molecule has 0 saturated carbocycles. The molecule has 1 aliphatic heterocycles. The summed E-state index contributed by atoms with van der Waals surface area (Å²) < 4.78 is 51.0. The molecular formula is C28H30ClF3N10O. The minimum Gasteiger partial charge on any atom is -0.450 e. The zero-order valence-electron chi connectivity index (χ0n) is 23.9. The maximum atomic E-state index is 13.9. The van der Waals surface area contributed by atoms with Crippen molar-refractivity contribution in [2.45, 2.75) is 25.2 Å². The standard InChI is InChI=1S/C28H30ClF3N10O/c1-33-25-23-21(13-36-42(23)8-6-34-25)43-20-12-35-26-24(22(20)29)40(4)27(38-26)37-18-10-16(9-17(11-18)28(30,31)32)14-41-7-5-19(15-41)39(2)3/h6,8-13,19H,5,7,14-15H2,1-4H3,(H,33,34)(H,35,37,38). The van der Waals surface area contributed by atoms with E-state index in [1.165, 1.54) is 12.3 Å². The lowest BCUT2D eigenvalue weighted by Gasteiger charge is -2.21. The monoisotopic (exact) mass is 614 g/mol. The Morgan fingerprint density at radius 3 is 2.65 bits per heavy atom. The second kappa shape index (κ2) is 11.2. The van der Waals surface area contributed by atoms with Gasteiger partial charge in [-0.1, -0.05) is 11.6 Å². The Morgan fingerprint density at radius 1 is 1.12 bits per heavy atom. The molecular weight excluding hydrogens is 585 g/mol. The van der Waals surface area contributed by atoms with E-state index in [9.17, 15) is 13.2 Å². The molecule has 0 radical (unpaired) electrons. The van der Waals surface area contributed by atoms with Gasteiger partial charge in [0.15, 0.2) is 28.5 Å². The third-order valence-electron chi connectivity index (χ3n) is 7.62. The fourth-order valence-corrected chi connectivity index (χ4v) is 5.67. The number of hydrogen-bond donors (Lipinski definition) is 2. The number of aryl methyl sites for hydroxylation is 1. The third kappa shape index (κ3) is 5.65. The van der Waals surface area contributed by atoms with E-state index >= 15 is 0 Å². The Bertz CT molecular complexity index is 1800. The van der Waals surface area contributed by atoms with E-state index in [1.807, 2.05) is 14.1 Å². The van der Waals surface area contributed by atoms with Gasteiger partial charge in [0.1, 0.15) is 10.5 Å². The molecule has 2 N–H and O–H groups in total. The number of pyridine rings is 1.